The van der Waals surface area contributed by atoms with Gasteiger partial charge in [0.2, 0.25) is 0 Å². The topological polar surface area (TPSA) is 93.6 Å². The van der Waals surface area contributed by atoms with Crippen LogP contribution in [0.5, 0.6) is 0 Å². The lowest BCUT2D eigenvalue weighted by atomic mass is 9.99. The van der Waals surface area contributed by atoms with Crippen LogP contribution in [0.15, 0.2) is 54.6 Å². The van der Waals surface area contributed by atoms with Gasteiger partial charge in [0.1, 0.15) is 24.2 Å². The Morgan fingerprint density at radius 1 is 1.16 bits per heavy atom. The molecule has 7 heteroatoms. The summed E-state index contributed by atoms with van der Waals surface area (Å²) in [5, 5.41) is 10.9. The van der Waals surface area contributed by atoms with Crippen LogP contribution in [0.4, 0.5) is 0 Å². The highest BCUT2D eigenvalue weighted by atomic mass is 16.5. The van der Waals surface area contributed by atoms with E-state index in [1.807, 2.05) is 34.9 Å². The van der Waals surface area contributed by atoms with Gasteiger partial charge in [0.25, 0.3) is 5.91 Å². The predicted octanol–water partition coefficient (Wildman–Crippen LogP) is 2.22. The van der Waals surface area contributed by atoms with Crippen LogP contribution in [-0.4, -0.2) is 44.7 Å². The number of primary amides is 1. The zero-order valence-corrected chi connectivity index (χ0v) is 18.0. The Morgan fingerprint density at radius 2 is 1.91 bits per heavy atom. The average molecular weight is 433 g/mol. The summed E-state index contributed by atoms with van der Waals surface area (Å²) in [5.74, 6) is 0.109. The van der Waals surface area contributed by atoms with E-state index in [-0.39, 0.29) is 11.8 Å². The fourth-order valence-electron chi connectivity index (χ4n) is 4.83. The van der Waals surface area contributed by atoms with Crippen LogP contribution < -0.4 is 5.73 Å². The number of amides is 1. The molecule has 0 radical (unpaired) electrons. The number of hydrogen-bond donors (Lipinski definition) is 2. The van der Waals surface area contributed by atoms with E-state index in [9.17, 15) is 9.90 Å². The number of benzene rings is 2. The largest absolute Gasteiger partial charge is 0.391 e. The second kappa shape index (κ2) is 8.86. The zero-order chi connectivity index (χ0) is 22.1. The van der Waals surface area contributed by atoms with Crippen molar-refractivity contribution in [1.29, 1.82) is 0 Å². The maximum atomic E-state index is 12.1. The van der Waals surface area contributed by atoms with Gasteiger partial charge in [-0.3, -0.25) is 9.69 Å². The van der Waals surface area contributed by atoms with Crippen LogP contribution in [0.1, 0.15) is 44.8 Å². The molecule has 0 saturated carbocycles. The molecule has 1 aromatic heterocycles. The van der Waals surface area contributed by atoms with E-state index >= 15 is 0 Å². The van der Waals surface area contributed by atoms with Gasteiger partial charge in [-0.05, 0) is 23.1 Å². The second-order valence-corrected chi connectivity index (χ2v) is 8.62. The first-order chi connectivity index (χ1) is 15.6. The summed E-state index contributed by atoms with van der Waals surface area (Å²) in [4.78, 5) is 18.8. The number of nitrogens with two attached hydrogens (primary N) is 1. The Balaban J connectivity index is 1.33. The number of fused-ring (bicyclic) bond motifs is 2. The van der Waals surface area contributed by atoms with Crippen molar-refractivity contribution in [2.45, 2.75) is 44.7 Å². The number of imidazole rings is 1. The lowest BCUT2D eigenvalue weighted by Crippen LogP contribution is -2.38. The maximum absolute atomic E-state index is 12.1. The van der Waals surface area contributed by atoms with Crippen molar-refractivity contribution in [3.63, 3.8) is 0 Å². The van der Waals surface area contributed by atoms with E-state index in [4.69, 9.17) is 10.5 Å². The zero-order valence-electron chi connectivity index (χ0n) is 18.0. The molecule has 5 rings (SSSR count). The molecule has 0 bridgehead atoms. The Bertz CT molecular complexity index is 1110. The van der Waals surface area contributed by atoms with Gasteiger partial charge in [-0.25, -0.2) is 4.98 Å². The number of hydrogen-bond acceptors (Lipinski definition) is 5. The molecule has 166 valence electrons. The van der Waals surface area contributed by atoms with Crippen molar-refractivity contribution >= 4 is 5.91 Å². The lowest BCUT2D eigenvalue weighted by Gasteiger charge is -2.31. The van der Waals surface area contributed by atoms with Crippen molar-refractivity contribution in [2.24, 2.45) is 5.73 Å². The van der Waals surface area contributed by atoms with E-state index < -0.39 is 12.0 Å². The van der Waals surface area contributed by atoms with Gasteiger partial charge < -0.3 is 20.1 Å². The molecule has 0 spiro atoms. The van der Waals surface area contributed by atoms with Gasteiger partial charge in [-0.15, -0.1) is 0 Å². The quantitative estimate of drug-likeness (QED) is 0.623. The van der Waals surface area contributed by atoms with Crippen LogP contribution in [0, 0.1) is 0 Å². The van der Waals surface area contributed by atoms with Gasteiger partial charge in [-0.2, -0.15) is 0 Å². The molecule has 2 aliphatic rings. The molecule has 3 heterocycles. The molecule has 2 aliphatic heterocycles. The van der Waals surface area contributed by atoms with Crippen LogP contribution in [-0.2, 0) is 37.3 Å². The highest BCUT2D eigenvalue weighted by Crippen LogP contribution is 2.29. The summed E-state index contributed by atoms with van der Waals surface area (Å²) in [6.45, 7) is 3.11. The van der Waals surface area contributed by atoms with Crippen molar-refractivity contribution < 1.29 is 14.6 Å². The Kier molecular flexibility index (Phi) is 5.78. The molecule has 7 nitrogen and oxygen atoms in total. The van der Waals surface area contributed by atoms with Crippen LogP contribution >= 0.6 is 0 Å². The summed E-state index contributed by atoms with van der Waals surface area (Å²) >= 11 is 0. The molecule has 3 N–H and O–H groups in total. The number of aliphatic hydroxyl groups is 1. The second-order valence-electron chi connectivity index (χ2n) is 8.62. The van der Waals surface area contributed by atoms with E-state index in [0.717, 1.165) is 25.1 Å². The first-order valence-corrected chi connectivity index (χ1v) is 11.1. The molecule has 0 aliphatic carbocycles. The van der Waals surface area contributed by atoms with E-state index in [0.29, 0.717) is 37.6 Å². The molecular weight excluding hydrogens is 404 g/mol. The first kappa shape index (κ1) is 20.9. The van der Waals surface area contributed by atoms with Crippen molar-refractivity contribution in [1.82, 2.24) is 14.5 Å². The van der Waals surface area contributed by atoms with E-state index in [2.05, 4.69) is 34.1 Å². The lowest BCUT2D eigenvalue weighted by molar-refractivity contribution is -0.000941. The normalized spacial score (nSPS) is 19.2. The summed E-state index contributed by atoms with van der Waals surface area (Å²) in [5.41, 5.74) is 10.3. The fraction of sp³-hybridized carbons (Fsp3) is 0.360. The molecule has 2 atom stereocenters. The SMILES string of the molecule is NC(=O)c1nc2n(c1C[C@H](O)CN1CCc3ccccc3C1)CC(c1ccccc1)OC2. The third kappa shape index (κ3) is 4.19. The van der Waals surface area contributed by atoms with Gasteiger partial charge in [0.05, 0.1) is 18.3 Å². The Hall–Kier alpha value is -3.00. The monoisotopic (exact) mass is 432 g/mol. The van der Waals surface area contributed by atoms with Crippen LogP contribution in [0.25, 0.3) is 0 Å². The molecule has 2 aromatic carbocycles. The predicted molar refractivity (Wildman–Crippen MR) is 120 cm³/mol. The number of rotatable bonds is 6. The minimum Gasteiger partial charge on any atom is -0.391 e. The van der Waals surface area contributed by atoms with Crippen molar-refractivity contribution in [2.75, 3.05) is 13.1 Å². The van der Waals surface area contributed by atoms with Crippen LogP contribution in [0.2, 0.25) is 0 Å². The number of ether oxygens (including phenoxy) is 1. The maximum Gasteiger partial charge on any atom is 0.269 e. The minimum atomic E-state index is -0.628. The van der Waals surface area contributed by atoms with E-state index in [1.54, 1.807) is 0 Å². The van der Waals surface area contributed by atoms with Gasteiger partial charge in [-0.1, -0.05) is 54.6 Å². The number of carbonyl (C=O) groups is 1. The van der Waals surface area contributed by atoms with Gasteiger partial charge in [0, 0.05) is 26.1 Å². The Morgan fingerprint density at radius 3 is 2.69 bits per heavy atom. The molecule has 3 aromatic rings. The molecule has 32 heavy (non-hydrogen) atoms. The number of nitrogens with zero attached hydrogens (tertiary/aromatic N) is 3. The van der Waals surface area contributed by atoms with Crippen molar-refractivity contribution in [3.8, 4) is 0 Å². The standard InChI is InChI=1S/C25H28N4O3/c26-25(31)24-21(12-20(30)14-28-11-10-17-6-4-5-9-19(17)13-28)29-15-22(32-16-23(29)27-24)18-7-2-1-3-8-18/h1-9,20,22,30H,10-16H2,(H2,26,31)/t20-,22?/m0/s1. The summed E-state index contributed by atoms with van der Waals surface area (Å²) in [6, 6.07) is 18.5. The molecule has 0 saturated heterocycles. The molecule has 0 fully saturated rings. The summed E-state index contributed by atoms with van der Waals surface area (Å²) in [7, 11) is 0. The third-order valence-electron chi connectivity index (χ3n) is 6.43. The van der Waals surface area contributed by atoms with E-state index in [1.165, 1.54) is 11.1 Å². The third-order valence-corrected chi connectivity index (χ3v) is 6.43. The smallest absolute Gasteiger partial charge is 0.269 e. The number of β-amino-alcohol motifs (C(OH)–C–C–N with tert-alkyl or cyclic N) is 1. The first-order valence-electron chi connectivity index (χ1n) is 11.1. The minimum absolute atomic E-state index is 0.131. The highest BCUT2D eigenvalue weighted by molar-refractivity contribution is 5.92. The number of carbonyl (C=O) groups excluding carboxylic acids is 1. The Labute approximate surface area is 187 Å². The molecule has 1 unspecified atom stereocenters. The highest BCUT2D eigenvalue weighted by Gasteiger charge is 2.29. The molecular formula is C25H28N4O3. The number of aromatic nitrogens is 2. The average Bonchev–Trinajstić information content (AvgIpc) is 3.17. The summed E-state index contributed by atoms with van der Waals surface area (Å²) in [6.07, 6.45) is 0.545. The van der Waals surface area contributed by atoms with Crippen LogP contribution in [0.3, 0.4) is 0 Å². The van der Waals surface area contributed by atoms with Gasteiger partial charge in [0.15, 0.2) is 0 Å². The summed E-state index contributed by atoms with van der Waals surface area (Å²) < 4.78 is 8.00. The molecule has 1 amide bonds. The number of aliphatic hydroxyl groups excluding tert-OH is 1. The fourth-order valence-corrected chi connectivity index (χ4v) is 4.83. The van der Waals surface area contributed by atoms with Gasteiger partial charge >= 0.3 is 0 Å². The van der Waals surface area contributed by atoms with Crippen molar-refractivity contribution in [3.05, 3.63) is 88.5 Å².